The third-order valence-corrected chi connectivity index (χ3v) is 3.14. The maximum absolute atomic E-state index is 11.8. The number of aliphatic hydroxyl groups is 1. The van der Waals surface area contributed by atoms with E-state index in [0.717, 1.165) is 22.3 Å². The molecule has 1 aromatic heterocycles. The Hall–Kier alpha value is -2.05. The van der Waals surface area contributed by atoms with Gasteiger partial charge in [0.1, 0.15) is 0 Å². The molecular weight excluding hydrogens is 270 g/mol. The van der Waals surface area contributed by atoms with E-state index in [1.165, 1.54) is 7.11 Å². The van der Waals surface area contributed by atoms with Gasteiger partial charge in [-0.2, -0.15) is 0 Å². The Morgan fingerprint density at radius 3 is 3.00 bits per heavy atom. The van der Waals surface area contributed by atoms with Crippen LogP contribution >= 0.6 is 0 Å². The van der Waals surface area contributed by atoms with E-state index in [2.05, 4.69) is 15.6 Å². The van der Waals surface area contributed by atoms with Crippen molar-refractivity contribution in [3.8, 4) is 0 Å². The van der Waals surface area contributed by atoms with E-state index in [9.17, 15) is 9.90 Å². The summed E-state index contributed by atoms with van der Waals surface area (Å²) in [6.07, 6.45) is -0.105. The number of aliphatic hydroxyl groups excluding tert-OH is 1. The molecule has 4 N–H and O–H groups in total. The lowest BCUT2D eigenvalue weighted by atomic mass is 10.2. The Balaban J connectivity index is 1.83. The number of benzene rings is 1. The number of hydrogen-bond acceptors (Lipinski definition) is 3. The topological polar surface area (TPSA) is 86.4 Å². The zero-order chi connectivity index (χ0) is 15.2. The minimum Gasteiger partial charge on any atom is -0.391 e. The minimum atomic E-state index is -0.561. The summed E-state index contributed by atoms with van der Waals surface area (Å²) in [6.45, 7) is 2.65. The van der Waals surface area contributed by atoms with Gasteiger partial charge in [-0.3, -0.25) is 0 Å². The first-order valence-corrected chi connectivity index (χ1v) is 6.89. The largest absolute Gasteiger partial charge is 0.391 e. The Labute approximate surface area is 123 Å². The van der Waals surface area contributed by atoms with Gasteiger partial charge in [-0.1, -0.05) is 0 Å². The summed E-state index contributed by atoms with van der Waals surface area (Å²) in [5.41, 5.74) is 2.86. The van der Waals surface area contributed by atoms with Crippen LogP contribution in [-0.2, 0) is 4.74 Å². The van der Waals surface area contributed by atoms with Gasteiger partial charge in [-0.15, -0.1) is 0 Å². The van der Waals surface area contributed by atoms with Gasteiger partial charge in [-0.25, -0.2) is 4.79 Å². The molecule has 0 saturated carbocycles. The van der Waals surface area contributed by atoms with Crippen molar-refractivity contribution < 1.29 is 14.6 Å². The highest BCUT2D eigenvalue weighted by Crippen LogP contribution is 2.19. The lowest BCUT2D eigenvalue weighted by Crippen LogP contribution is -2.32. The molecular formula is C15H21N3O3. The Bertz CT molecular complexity index is 609. The SMILES string of the molecule is COCC(O)CCNC(=O)Nc1ccc2[nH]c(C)cc2c1. The standard InChI is InChI=1S/C15H21N3O3/c1-10-7-11-8-12(3-4-14(11)17-10)18-15(20)16-6-5-13(19)9-21-2/h3-4,7-8,13,17,19H,5-6,9H2,1-2H3,(H2,16,18,20). The number of urea groups is 1. The number of fused-ring (bicyclic) bond motifs is 1. The van der Waals surface area contributed by atoms with E-state index in [1.807, 2.05) is 31.2 Å². The number of carbonyl (C=O) groups excluding carboxylic acids is 1. The van der Waals surface area contributed by atoms with Crippen LogP contribution in [0.25, 0.3) is 10.9 Å². The van der Waals surface area contributed by atoms with Crippen LogP contribution in [0.5, 0.6) is 0 Å². The first kappa shape index (κ1) is 15.3. The fourth-order valence-electron chi connectivity index (χ4n) is 2.16. The second-order valence-electron chi connectivity index (χ2n) is 5.03. The lowest BCUT2D eigenvalue weighted by molar-refractivity contribution is 0.0599. The number of ether oxygens (including phenoxy) is 1. The first-order valence-electron chi connectivity index (χ1n) is 6.89. The molecule has 1 aromatic carbocycles. The average molecular weight is 291 g/mol. The van der Waals surface area contributed by atoms with Gasteiger partial charge >= 0.3 is 6.03 Å². The second-order valence-corrected chi connectivity index (χ2v) is 5.03. The van der Waals surface area contributed by atoms with Crippen molar-refractivity contribution in [2.75, 3.05) is 25.6 Å². The number of carbonyl (C=O) groups is 1. The third-order valence-electron chi connectivity index (χ3n) is 3.14. The first-order chi connectivity index (χ1) is 10.1. The zero-order valence-electron chi connectivity index (χ0n) is 12.3. The van der Waals surface area contributed by atoms with Gasteiger partial charge in [0.05, 0.1) is 12.7 Å². The van der Waals surface area contributed by atoms with Gasteiger partial charge in [0.25, 0.3) is 0 Å². The van der Waals surface area contributed by atoms with Crippen molar-refractivity contribution in [3.05, 3.63) is 30.0 Å². The smallest absolute Gasteiger partial charge is 0.319 e. The van der Waals surface area contributed by atoms with Crippen molar-refractivity contribution in [1.82, 2.24) is 10.3 Å². The number of methoxy groups -OCH3 is 1. The highest BCUT2D eigenvalue weighted by atomic mass is 16.5. The summed E-state index contributed by atoms with van der Waals surface area (Å²) in [4.78, 5) is 15.0. The summed E-state index contributed by atoms with van der Waals surface area (Å²) in [6, 6.07) is 7.43. The molecule has 2 rings (SSSR count). The fraction of sp³-hybridized carbons (Fsp3) is 0.400. The van der Waals surface area contributed by atoms with Crippen LogP contribution in [-0.4, -0.2) is 42.5 Å². The van der Waals surface area contributed by atoms with Crippen LogP contribution in [0.2, 0.25) is 0 Å². The Morgan fingerprint density at radius 1 is 1.43 bits per heavy atom. The predicted octanol–water partition coefficient (Wildman–Crippen LogP) is 2.00. The van der Waals surface area contributed by atoms with Crippen molar-refractivity contribution in [1.29, 1.82) is 0 Å². The Morgan fingerprint density at radius 2 is 2.24 bits per heavy atom. The molecule has 1 unspecified atom stereocenters. The highest BCUT2D eigenvalue weighted by molar-refractivity contribution is 5.92. The molecule has 21 heavy (non-hydrogen) atoms. The molecule has 0 spiro atoms. The summed E-state index contributed by atoms with van der Waals surface area (Å²) in [5.74, 6) is 0. The number of hydrogen-bond donors (Lipinski definition) is 4. The van der Waals surface area contributed by atoms with E-state index in [4.69, 9.17) is 4.74 Å². The molecule has 6 nitrogen and oxygen atoms in total. The second kappa shape index (κ2) is 7.10. The average Bonchev–Trinajstić information content (AvgIpc) is 2.78. The van der Waals surface area contributed by atoms with Gasteiger partial charge in [0.2, 0.25) is 0 Å². The molecule has 6 heteroatoms. The molecule has 2 aromatic rings. The molecule has 0 saturated heterocycles. The number of aromatic amines is 1. The van der Waals surface area contributed by atoms with Crippen LogP contribution in [0.15, 0.2) is 24.3 Å². The lowest BCUT2D eigenvalue weighted by Gasteiger charge is -2.11. The van der Waals surface area contributed by atoms with E-state index < -0.39 is 6.10 Å². The predicted molar refractivity (Wildman–Crippen MR) is 82.6 cm³/mol. The Kier molecular flexibility index (Phi) is 5.19. The number of nitrogens with one attached hydrogen (secondary N) is 3. The number of aryl methyl sites for hydroxylation is 1. The maximum Gasteiger partial charge on any atom is 0.319 e. The summed E-state index contributed by atoms with van der Waals surface area (Å²) in [7, 11) is 1.53. The normalized spacial score (nSPS) is 12.3. The van der Waals surface area contributed by atoms with Gasteiger partial charge in [-0.05, 0) is 37.6 Å². The van der Waals surface area contributed by atoms with Crippen LogP contribution in [0.4, 0.5) is 10.5 Å². The highest BCUT2D eigenvalue weighted by Gasteiger charge is 2.06. The number of anilines is 1. The van der Waals surface area contributed by atoms with Crippen molar-refractivity contribution in [2.45, 2.75) is 19.4 Å². The fourth-order valence-corrected chi connectivity index (χ4v) is 2.16. The number of rotatable bonds is 6. The molecule has 0 aliphatic carbocycles. The molecule has 0 radical (unpaired) electrons. The van der Waals surface area contributed by atoms with E-state index in [1.54, 1.807) is 0 Å². The van der Waals surface area contributed by atoms with Crippen molar-refractivity contribution in [2.24, 2.45) is 0 Å². The molecule has 0 bridgehead atoms. The monoisotopic (exact) mass is 291 g/mol. The van der Waals surface area contributed by atoms with E-state index in [-0.39, 0.29) is 12.6 Å². The third kappa shape index (κ3) is 4.47. The van der Waals surface area contributed by atoms with Crippen LogP contribution in [0.3, 0.4) is 0 Å². The molecule has 0 fully saturated rings. The molecule has 1 heterocycles. The van der Waals surface area contributed by atoms with Crippen LogP contribution in [0, 0.1) is 6.92 Å². The van der Waals surface area contributed by atoms with E-state index >= 15 is 0 Å². The number of amides is 2. The van der Waals surface area contributed by atoms with Gasteiger partial charge in [0.15, 0.2) is 0 Å². The summed E-state index contributed by atoms with van der Waals surface area (Å²) in [5, 5.41) is 16.0. The summed E-state index contributed by atoms with van der Waals surface area (Å²) < 4.78 is 4.82. The molecule has 0 aliphatic heterocycles. The molecule has 0 aliphatic rings. The van der Waals surface area contributed by atoms with Gasteiger partial charge < -0.3 is 25.5 Å². The van der Waals surface area contributed by atoms with Crippen LogP contribution in [0.1, 0.15) is 12.1 Å². The van der Waals surface area contributed by atoms with Crippen LogP contribution < -0.4 is 10.6 Å². The molecule has 1 atom stereocenters. The van der Waals surface area contributed by atoms with Crippen molar-refractivity contribution >= 4 is 22.6 Å². The molecule has 2 amide bonds. The maximum atomic E-state index is 11.8. The number of H-pyrrole nitrogens is 1. The molecule has 114 valence electrons. The van der Waals surface area contributed by atoms with Crippen molar-refractivity contribution in [3.63, 3.8) is 0 Å². The number of aromatic nitrogens is 1. The zero-order valence-corrected chi connectivity index (χ0v) is 12.3. The summed E-state index contributed by atoms with van der Waals surface area (Å²) >= 11 is 0. The quantitative estimate of drug-likeness (QED) is 0.656. The minimum absolute atomic E-state index is 0.271. The van der Waals surface area contributed by atoms with Gasteiger partial charge in [0, 0.05) is 35.9 Å². The van der Waals surface area contributed by atoms with E-state index in [0.29, 0.717) is 13.0 Å².